The van der Waals surface area contributed by atoms with Crippen LogP contribution in [0.25, 0.3) is 94.7 Å². The molecule has 0 saturated carbocycles. The molecule has 12 rings (SSSR count). The standard InChI is InChI=1S/C54H38N4O/c1-54(2)44-24-14-12-22-38(44)41-31-42-39-23-13-15-25-46(39)58(47(42)32-45(41)54)37-26-27-40-48(30-37)59-49-29-36(33-16-6-3-7-17-33)28-43(50(40)49)53-56-51(34-18-8-4-9-19-34)55-52(57-53)35-20-10-5-11-21-35/h3-32,38,44H,1-2H3. The number of benzene rings is 7. The largest absolute Gasteiger partial charge is 0.456 e. The van der Waals surface area contributed by atoms with Crippen molar-refractivity contribution in [2.24, 2.45) is 5.92 Å². The number of hydrogen-bond acceptors (Lipinski definition) is 4. The summed E-state index contributed by atoms with van der Waals surface area (Å²) in [5.41, 5.74) is 12.7. The number of para-hydroxylation sites is 1. The van der Waals surface area contributed by atoms with Gasteiger partial charge < -0.3 is 8.98 Å². The maximum absolute atomic E-state index is 6.94. The van der Waals surface area contributed by atoms with Gasteiger partial charge in [-0.15, -0.1) is 0 Å². The lowest BCUT2D eigenvalue weighted by Crippen LogP contribution is -2.24. The Balaban J connectivity index is 1.10. The molecule has 280 valence electrons. The van der Waals surface area contributed by atoms with Crippen LogP contribution in [0.15, 0.2) is 186 Å². The van der Waals surface area contributed by atoms with Crippen molar-refractivity contribution in [3.8, 4) is 51.0 Å². The first-order chi connectivity index (χ1) is 29.0. The molecule has 2 atom stereocenters. The highest BCUT2D eigenvalue weighted by molar-refractivity contribution is 6.14. The summed E-state index contributed by atoms with van der Waals surface area (Å²) in [6, 6.07) is 55.4. The fourth-order valence-corrected chi connectivity index (χ4v) is 9.85. The van der Waals surface area contributed by atoms with Crippen molar-refractivity contribution in [1.82, 2.24) is 19.5 Å². The Morgan fingerprint density at radius 1 is 0.508 bits per heavy atom. The van der Waals surface area contributed by atoms with Crippen molar-refractivity contribution < 1.29 is 4.42 Å². The summed E-state index contributed by atoms with van der Waals surface area (Å²) in [7, 11) is 0. The van der Waals surface area contributed by atoms with Gasteiger partial charge in [0.05, 0.1) is 11.0 Å². The predicted octanol–water partition coefficient (Wildman–Crippen LogP) is 13.7. The van der Waals surface area contributed by atoms with E-state index in [0.29, 0.717) is 29.3 Å². The molecule has 0 radical (unpaired) electrons. The summed E-state index contributed by atoms with van der Waals surface area (Å²) in [4.78, 5) is 15.4. The number of allylic oxidation sites excluding steroid dienone is 4. The van der Waals surface area contributed by atoms with E-state index in [1.807, 2.05) is 66.7 Å². The molecule has 0 saturated heterocycles. The SMILES string of the molecule is CC1(C)c2cc3c(cc2C2C=CC=CC21)c1ccccc1n3-c1ccc2c(c1)oc1cc(-c3ccccc3)cc(-c3nc(-c4ccccc4)nc(-c4ccccc4)n3)c12. The van der Waals surface area contributed by atoms with Crippen LogP contribution in [0, 0.1) is 5.92 Å². The zero-order chi connectivity index (χ0) is 39.2. The Bertz CT molecular complexity index is 3300. The van der Waals surface area contributed by atoms with Crippen LogP contribution in [0.5, 0.6) is 0 Å². The fraction of sp³-hybridized carbons (Fsp3) is 0.0926. The second-order valence-electron chi connectivity index (χ2n) is 16.4. The van der Waals surface area contributed by atoms with E-state index in [1.165, 1.54) is 32.9 Å². The summed E-state index contributed by atoms with van der Waals surface area (Å²) >= 11 is 0. The Morgan fingerprint density at radius 3 is 1.88 bits per heavy atom. The molecule has 59 heavy (non-hydrogen) atoms. The predicted molar refractivity (Wildman–Crippen MR) is 241 cm³/mol. The maximum Gasteiger partial charge on any atom is 0.164 e. The van der Waals surface area contributed by atoms with Crippen molar-refractivity contribution in [3.05, 3.63) is 193 Å². The molecule has 5 heteroatoms. The van der Waals surface area contributed by atoms with Crippen molar-refractivity contribution in [1.29, 1.82) is 0 Å². The zero-order valence-electron chi connectivity index (χ0n) is 32.7. The van der Waals surface area contributed by atoms with E-state index in [9.17, 15) is 0 Å². The number of furan rings is 1. The molecule has 0 spiro atoms. The average Bonchev–Trinajstić information content (AvgIpc) is 3.90. The van der Waals surface area contributed by atoms with Gasteiger partial charge in [0, 0.05) is 55.9 Å². The van der Waals surface area contributed by atoms with E-state index < -0.39 is 0 Å². The van der Waals surface area contributed by atoms with Crippen LogP contribution >= 0.6 is 0 Å². The van der Waals surface area contributed by atoms with Crippen LogP contribution in [-0.4, -0.2) is 19.5 Å². The topological polar surface area (TPSA) is 56.7 Å². The van der Waals surface area contributed by atoms with Crippen LogP contribution in [0.3, 0.4) is 0 Å². The van der Waals surface area contributed by atoms with Crippen LogP contribution in [0.1, 0.15) is 30.9 Å². The average molecular weight is 759 g/mol. The molecule has 0 N–H and O–H groups in total. The van der Waals surface area contributed by atoms with E-state index in [2.05, 4.69) is 134 Å². The summed E-state index contributed by atoms with van der Waals surface area (Å²) < 4.78 is 9.36. The van der Waals surface area contributed by atoms with Crippen LogP contribution in [0.4, 0.5) is 0 Å². The number of nitrogens with zero attached hydrogens (tertiary/aromatic N) is 4. The first-order valence-electron chi connectivity index (χ1n) is 20.4. The summed E-state index contributed by atoms with van der Waals surface area (Å²) in [6.07, 6.45) is 9.21. The van der Waals surface area contributed by atoms with E-state index in [1.54, 1.807) is 0 Å². The van der Waals surface area contributed by atoms with Crippen LogP contribution < -0.4 is 0 Å². The molecule has 5 nitrogen and oxygen atoms in total. The second kappa shape index (κ2) is 12.8. The lowest BCUT2D eigenvalue weighted by molar-refractivity contribution is 0.394. The molecule has 3 heterocycles. The highest BCUT2D eigenvalue weighted by Gasteiger charge is 2.45. The molecular formula is C54H38N4O. The zero-order valence-corrected chi connectivity index (χ0v) is 32.7. The summed E-state index contributed by atoms with van der Waals surface area (Å²) in [6.45, 7) is 4.80. The monoisotopic (exact) mass is 758 g/mol. The van der Waals surface area contributed by atoms with Crippen molar-refractivity contribution in [2.45, 2.75) is 25.2 Å². The van der Waals surface area contributed by atoms with Gasteiger partial charge in [0.2, 0.25) is 0 Å². The van der Waals surface area contributed by atoms with Gasteiger partial charge in [0.1, 0.15) is 11.2 Å². The third-order valence-corrected chi connectivity index (χ3v) is 12.7. The molecule has 0 fully saturated rings. The highest BCUT2D eigenvalue weighted by Crippen LogP contribution is 2.54. The van der Waals surface area contributed by atoms with Gasteiger partial charge in [-0.3, -0.25) is 0 Å². The van der Waals surface area contributed by atoms with Crippen molar-refractivity contribution in [3.63, 3.8) is 0 Å². The Labute approximate surface area is 341 Å². The minimum atomic E-state index is 0.00205. The van der Waals surface area contributed by atoms with Crippen LogP contribution in [0.2, 0.25) is 0 Å². The molecule has 2 unspecified atom stereocenters. The quantitative estimate of drug-likeness (QED) is 0.175. The summed E-state index contributed by atoms with van der Waals surface area (Å²) in [5, 5.41) is 4.50. The van der Waals surface area contributed by atoms with Crippen LogP contribution in [-0.2, 0) is 5.41 Å². The van der Waals surface area contributed by atoms with Gasteiger partial charge in [-0.2, -0.15) is 0 Å². The number of aromatic nitrogens is 4. The Morgan fingerprint density at radius 2 is 1.15 bits per heavy atom. The third kappa shape index (κ3) is 5.21. The van der Waals surface area contributed by atoms with E-state index in [0.717, 1.165) is 55.4 Å². The second-order valence-corrected chi connectivity index (χ2v) is 16.4. The number of fused-ring (bicyclic) bond motifs is 9. The normalized spacial score (nSPS) is 16.6. The van der Waals surface area contributed by atoms with Crippen molar-refractivity contribution >= 4 is 43.7 Å². The number of rotatable bonds is 5. The van der Waals surface area contributed by atoms with Gasteiger partial charge in [-0.25, -0.2) is 15.0 Å². The first kappa shape index (κ1) is 33.7. The smallest absolute Gasteiger partial charge is 0.164 e. The lowest BCUT2D eigenvalue weighted by atomic mass is 9.74. The minimum Gasteiger partial charge on any atom is -0.456 e. The molecule has 2 aliphatic carbocycles. The Kier molecular flexibility index (Phi) is 7.33. The molecule has 0 bridgehead atoms. The van der Waals surface area contributed by atoms with Gasteiger partial charge in [-0.1, -0.05) is 147 Å². The van der Waals surface area contributed by atoms with Gasteiger partial charge in [-0.05, 0) is 76.1 Å². The highest BCUT2D eigenvalue weighted by atomic mass is 16.3. The summed E-state index contributed by atoms with van der Waals surface area (Å²) in [5.74, 6) is 2.66. The molecular weight excluding hydrogens is 721 g/mol. The van der Waals surface area contributed by atoms with Gasteiger partial charge in [0.25, 0.3) is 0 Å². The Hall–Kier alpha value is -7.37. The maximum atomic E-state index is 6.94. The van der Waals surface area contributed by atoms with Crippen molar-refractivity contribution in [2.75, 3.05) is 0 Å². The van der Waals surface area contributed by atoms with E-state index in [-0.39, 0.29) is 5.41 Å². The fourth-order valence-electron chi connectivity index (χ4n) is 9.85. The molecule has 0 amide bonds. The molecule has 10 aromatic rings. The molecule has 2 aliphatic rings. The van der Waals surface area contributed by atoms with E-state index in [4.69, 9.17) is 19.4 Å². The van der Waals surface area contributed by atoms with E-state index >= 15 is 0 Å². The first-order valence-corrected chi connectivity index (χ1v) is 20.4. The minimum absolute atomic E-state index is 0.00205. The third-order valence-electron chi connectivity index (χ3n) is 12.7. The molecule has 3 aromatic heterocycles. The lowest BCUT2D eigenvalue weighted by Gasteiger charge is -2.29. The van der Waals surface area contributed by atoms with Gasteiger partial charge >= 0.3 is 0 Å². The number of hydrogen-bond donors (Lipinski definition) is 0. The van der Waals surface area contributed by atoms with Gasteiger partial charge in [0.15, 0.2) is 17.5 Å². The molecule has 0 aliphatic heterocycles. The molecule has 7 aromatic carbocycles.